The number of fused-ring (bicyclic) bond motifs is 1. The average molecular weight is 1010 g/mol. The molecule has 0 radical (unpaired) electrons. The SMILES string of the molecule is COC(=O)[C@H](OC(=O)c1ccccc1)[C@@H](OC(=O)c1ccccc1)C(=O)O[C@H]1[13CH2]c2c(OCc3ccccc3)cc(OCc3ccccc3)cc2O[C@@H]1c1ccc(OCc2ccccc2)c(OCc2ccccc2)c1. The molecule has 9 rings (SSSR count). The summed E-state index contributed by atoms with van der Waals surface area (Å²) in [4.78, 5) is 56.2. The number of hydrogen-bond donors (Lipinski definition) is 0. The van der Waals surface area contributed by atoms with Crippen molar-refractivity contribution in [2.24, 2.45) is 0 Å². The van der Waals surface area contributed by atoms with Gasteiger partial charge in [-0.1, -0.05) is 164 Å². The number of carbonyl (C=O) groups excluding carboxylic acids is 4. The van der Waals surface area contributed by atoms with E-state index in [9.17, 15) is 14.4 Å². The van der Waals surface area contributed by atoms with Gasteiger partial charge in [-0.05, 0) is 58.7 Å². The predicted octanol–water partition coefficient (Wildman–Crippen LogP) is 11.2. The highest BCUT2D eigenvalue weighted by molar-refractivity contribution is 5.96. The first kappa shape index (κ1) is 50.6. The van der Waals surface area contributed by atoms with Gasteiger partial charge >= 0.3 is 23.9 Å². The zero-order chi connectivity index (χ0) is 51.8. The van der Waals surface area contributed by atoms with E-state index in [2.05, 4.69) is 0 Å². The fourth-order valence-electron chi connectivity index (χ4n) is 8.22. The summed E-state index contributed by atoms with van der Waals surface area (Å²) in [5.74, 6) is -2.42. The lowest BCUT2D eigenvalue weighted by Gasteiger charge is -2.35. The summed E-state index contributed by atoms with van der Waals surface area (Å²) in [5.41, 5.74) is 4.79. The molecule has 0 N–H and O–H groups in total. The number of esters is 4. The minimum atomic E-state index is -2.18. The van der Waals surface area contributed by atoms with Gasteiger partial charge in [-0.25, -0.2) is 19.2 Å². The summed E-state index contributed by atoms with van der Waals surface area (Å²) in [6, 6.07) is 63.1. The molecule has 0 saturated carbocycles. The molecule has 1 heterocycles. The van der Waals surface area contributed by atoms with Crippen molar-refractivity contribution in [1.29, 1.82) is 0 Å². The first-order valence-electron chi connectivity index (χ1n) is 24.2. The molecule has 13 heteroatoms. The predicted molar refractivity (Wildman–Crippen MR) is 276 cm³/mol. The molecule has 0 amide bonds. The molecule has 0 aliphatic carbocycles. The summed E-state index contributed by atoms with van der Waals surface area (Å²) in [7, 11) is 1.05. The highest BCUT2D eigenvalue weighted by Gasteiger charge is 2.46. The van der Waals surface area contributed by atoms with Crippen LogP contribution in [-0.4, -0.2) is 49.3 Å². The molecule has 0 bridgehead atoms. The van der Waals surface area contributed by atoms with Gasteiger partial charge in [0.2, 0.25) is 12.2 Å². The molecule has 0 fully saturated rings. The molecule has 0 unspecified atom stereocenters. The van der Waals surface area contributed by atoms with Gasteiger partial charge in [0.05, 0.1) is 18.2 Å². The van der Waals surface area contributed by atoms with Crippen LogP contribution in [0, 0.1) is 0 Å². The van der Waals surface area contributed by atoms with Crippen LogP contribution in [0.4, 0.5) is 0 Å². The van der Waals surface area contributed by atoms with Crippen molar-refractivity contribution >= 4 is 23.9 Å². The van der Waals surface area contributed by atoms with Crippen molar-refractivity contribution in [3.8, 4) is 28.7 Å². The maximum Gasteiger partial charge on any atom is 0.352 e. The van der Waals surface area contributed by atoms with Crippen molar-refractivity contribution in [2.75, 3.05) is 7.11 Å². The standard InChI is InChI=1S/C62H52O13/c1-67-61(65)57(74-59(63)46-28-16-6-17-29-46)58(75-60(64)47-30-18-7-19-31-47)62(66)73-55-37-50-52(70-40-44-24-12-4-13-25-44)35-49(68-38-42-20-8-2-9-21-42)36-53(50)72-56(55)48-32-33-51(69-39-43-22-10-3-11-23-43)54(34-48)71-41-45-26-14-5-15-27-45/h2-36,55-58H,37-41H2,1H3/t55-,56+,57+,58+/m0/s1/i37+1. The van der Waals surface area contributed by atoms with Crippen LogP contribution in [0.25, 0.3) is 0 Å². The van der Waals surface area contributed by atoms with E-state index in [0.29, 0.717) is 39.9 Å². The van der Waals surface area contributed by atoms with E-state index in [1.54, 1.807) is 66.7 Å². The molecule has 0 aromatic heterocycles. The Balaban J connectivity index is 1.12. The molecule has 8 aromatic rings. The maximum absolute atomic E-state index is 15.1. The van der Waals surface area contributed by atoms with Gasteiger partial charge in [0.25, 0.3) is 0 Å². The Morgan fingerprint density at radius 1 is 0.467 bits per heavy atom. The minimum absolute atomic E-state index is 0.0344. The quantitative estimate of drug-likeness (QED) is 0.0382. The van der Waals surface area contributed by atoms with E-state index in [-0.39, 0.29) is 44.0 Å². The third-order valence-electron chi connectivity index (χ3n) is 12.1. The molecule has 13 nitrogen and oxygen atoms in total. The molecular formula is C62H52O13. The van der Waals surface area contributed by atoms with Crippen LogP contribution in [0.1, 0.15) is 60.2 Å². The smallest absolute Gasteiger partial charge is 0.352 e. The zero-order valence-corrected chi connectivity index (χ0v) is 40.9. The molecule has 0 saturated heterocycles. The summed E-state index contributed by atoms with van der Waals surface area (Å²) in [6.45, 7) is 0.842. The largest absolute Gasteiger partial charge is 0.489 e. The van der Waals surface area contributed by atoms with Gasteiger partial charge < -0.3 is 42.6 Å². The van der Waals surface area contributed by atoms with Crippen LogP contribution < -0.4 is 23.7 Å². The topological polar surface area (TPSA) is 151 Å². The van der Waals surface area contributed by atoms with Crippen molar-refractivity contribution in [1.82, 2.24) is 0 Å². The van der Waals surface area contributed by atoms with E-state index in [0.717, 1.165) is 29.4 Å². The Morgan fingerprint density at radius 2 is 0.893 bits per heavy atom. The van der Waals surface area contributed by atoms with Gasteiger partial charge in [0.15, 0.2) is 17.6 Å². The van der Waals surface area contributed by atoms with Crippen molar-refractivity contribution in [2.45, 2.75) is 57.3 Å². The Kier molecular flexibility index (Phi) is 16.8. The molecule has 1 aliphatic rings. The Bertz CT molecular complexity index is 3160. The fourth-order valence-corrected chi connectivity index (χ4v) is 8.22. The number of ether oxygens (including phenoxy) is 9. The van der Waals surface area contributed by atoms with Crippen LogP contribution in [-0.2, 0) is 61.4 Å². The summed E-state index contributed by atoms with van der Waals surface area (Å²) in [6.07, 6.45) is -6.68. The number of carbonyl (C=O) groups is 4. The van der Waals surface area contributed by atoms with Crippen LogP contribution in [0.2, 0.25) is 0 Å². The first-order valence-corrected chi connectivity index (χ1v) is 24.2. The van der Waals surface area contributed by atoms with E-state index >= 15 is 4.79 Å². The van der Waals surface area contributed by atoms with E-state index in [4.69, 9.17) is 42.6 Å². The fraction of sp³-hybridized carbons (Fsp3) is 0.161. The second kappa shape index (κ2) is 24.9. The lowest BCUT2D eigenvalue weighted by Crippen LogP contribution is -2.49. The second-order valence-electron chi connectivity index (χ2n) is 17.3. The Morgan fingerprint density at radius 3 is 1.37 bits per heavy atom. The minimum Gasteiger partial charge on any atom is -0.489 e. The molecule has 1 aliphatic heterocycles. The highest BCUT2D eigenvalue weighted by Crippen LogP contribution is 2.45. The summed E-state index contributed by atoms with van der Waals surface area (Å²) in [5, 5.41) is 0. The molecule has 75 heavy (non-hydrogen) atoms. The van der Waals surface area contributed by atoms with Gasteiger partial charge in [0.1, 0.15) is 49.8 Å². The third-order valence-corrected chi connectivity index (χ3v) is 12.1. The van der Waals surface area contributed by atoms with Crippen molar-refractivity contribution in [3.05, 3.63) is 257 Å². The van der Waals surface area contributed by atoms with E-state index < -0.39 is 48.3 Å². The van der Waals surface area contributed by atoms with E-state index in [1.165, 1.54) is 24.3 Å². The number of benzene rings is 8. The Hall–Kier alpha value is -9.36. The molecule has 4 atom stereocenters. The Labute approximate surface area is 434 Å². The number of hydrogen-bond acceptors (Lipinski definition) is 13. The van der Waals surface area contributed by atoms with Gasteiger partial charge in [-0.2, -0.15) is 0 Å². The summed E-state index contributed by atoms with van der Waals surface area (Å²) >= 11 is 0. The monoisotopic (exact) mass is 1010 g/mol. The molecule has 8 aromatic carbocycles. The summed E-state index contributed by atoms with van der Waals surface area (Å²) < 4.78 is 55.8. The van der Waals surface area contributed by atoms with Crippen LogP contribution >= 0.6 is 0 Å². The molecular weight excluding hydrogens is 954 g/mol. The highest BCUT2D eigenvalue weighted by atomic mass is 16.6. The number of methoxy groups -OCH3 is 1. The van der Waals surface area contributed by atoms with Crippen molar-refractivity contribution < 1.29 is 61.8 Å². The molecule has 0 spiro atoms. The lowest BCUT2D eigenvalue weighted by atomic mass is 10.0. The van der Waals surface area contributed by atoms with Crippen LogP contribution in [0.15, 0.2) is 212 Å². The van der Waals surface area contributed by atoms with Crippen LogP contribution in [0.5, 0.6) is 28.7 Å². The maximum atomic E-state index is 15.1. The molecule has 378 valence electrons. The van der Waals surface area contributed by atoms with Crippen molar-refractivity contribution in [3.63, 3.8) is 0 Å². The third kappa shape index (κ3) is 13.4. The van der Waals surface area contributed by atoms with Crippen LogP contribution in [0.3, 0.4) is 0 Å². The average Bonchev–Trinajstić information content (AvgIpc) is 3.47. The van der Waals surface area contributed by atoms with Gasteiger partial charge in [-0.15, -0.1) is 0 Å². The zero-order valence-electron chi connectivity index (χ0n) is 40.9. The van der Waals surface area contributed by atoms with E-state index in [1.807, 2.05) is 121 Å². The van der Waals surface area contributed by atoms with Gasteiger partial charge in [-0.3, -0.25) is 0 Å². The van der Waals surface area contributed by atoms with Gasteiger partial charge in [0, 0.05) is 29.7 Å². The first-order chi connectivity index (χ1) is 36.8. The normalized spacial score (nSPS) is 14.3. The lowest BCUT2D eigenvalue weighted by molar-refractivity contribution is -0.179. The second-order valence-corrected chi connectivity index (χ2v) is 17.3. The number of rotatable bonds is 21.